The van der Waals surface area contributed by atoms with Crippen LogP contribution in [0, 0.1) is 5.92 Å². The van der Waals surface area contributed by atoms with E-state index in [0.717, 1.165) is 5.56 Å². The molecule has 0 amide bonds. The predicted octanol–water partition coefficient (Wildman–Crippen LogP) is 1.07. The Balaban J connectivity index is 1.99. The van der Waals surface area contributed by atoms with Gasteiger partial charge in [0.15, 0.2) is 0 Å². The van der Waals surface area contributed by atoms with Crippen LogP contribution in [-0.4, -0.2) is 17.6 Å². The van der Waals surface area contributed by atoms with Crippen LogP contribution in [0.1, 0.15) is 24.4 Å². The van der Waals surface area contributed by atoms with Crippen molar-refractivity contribution in [2.75, 3.05) is 7.11 Å². The normalized spacial score (nSPS) is 17.5. The molecule has 1 unspecified atom stereocenters. The highest BCUT2D eigenvalue weighted by Crippen LogP contribution is 2.39. The van der Waals surface area contributed by atoms with E-state index >= 15 is 0 Å². The number of aromatic nitrogens is 1. The van der Waals surface area contributed by atoms with Crippen LogP contribution in [0.2, 0.25) is 0 Å². The molecule has 1 heterocycles. The van der Waals surface area contributed by atoms with Crippen LogP contribution in [0.4, 0.5) is 0 Å². The number of rotatable bonds is 4. The first-order valence-electron chi connectivity index (χ1n) is 5.19. The third-order valence-corrected chi connectivity index (χ3v) is 2.83. The minimum absolute atomic E-state index is 0.129. The van der Waals surface area contributed by atoms with E-state index in [1.54, 1.807) is 0 Å². The Hall–Kier alpha value is -1.29. The molecule has 1 aromatic rings. The molecule has 0 aliphatic heterocycles. The number of hydrogen-bond donors (Lipinski definition) is 1. The maximum Gasteiger partial charge on any atom is 0.325 e. The Labute approximate surface area is 89.0 Å². The van der Waals surface area contributed by atoms with Crippen LogP contribution in [0.25, 0.3) is 0 Å². The molecule has 1 aliphatic rings. The van der Waals surface area contributed by atoms with Crippen molar-refractivity contribution in [2.24, 2.45) is 11.7 Å². The molecule has 4 heteroatoms. The van der Waals surface area contributed by atoms with Gasteiger partial charge in [0.25, 0.3) is 0 Å². The van der Waals surface area contributed by atoms with Gasteiger partial charge in [-0.05, 0) is 30.4 Å². The van der Waals surface area contributed by atoms with E-state index in [0.29, 0.717) is 5.92 Å². The summed E-state index contributed by atoms with van der Waals surface area (Å²) in [5.74, 6) is 0.399. The number of carbonyl (C=O) groups excluding carboxylic acids is 1. The Morgan fingerprint density at radius 2 is 2.47 bits per heavy atom. The maximum absolute atomic E-state index is 11.0. The second kappa shape index (κ2) is 4.06. The Morgan fingerprint density at radius 3 is 3.07 bits per heavy atom. The van der Waals surface area contributed by atoms with E-state index in [1.807, 2.05) is 23.0 Å². The Kier molecular flexibility index (Phi) is 2.77. The first-order chi connectivity index (χ1) is 7.20. The van der Waals surface area contributed by atoms with Crippen LogP contribution < -0.4 is 5.73 Å². The third kappa shape index (κ3) is 2.39. The summed E-state index contributed by atoms with van der Waals surface area (Å²) in [7, 11) is 1.39. The molecule has 1 aliphatic carbocycles. The molecule has 0 bridgehead atoms. The molecule has 1 aromatic heterocycles. The molecular formula is C11H16N2O2. The molecular weight excluding hydrogens is 192 g/mol. The molecule has 0 saturated heterocycles. The standard InChI is InChI=1S/C11H16N2O2/c1-15-10(14)7-13-5-4-9(6-13)11(12)8-2-3-8/h4-6,8,11H,2-3,7,12H2,1H3. The van der Waals surface area contributed by atoms with Gasteiger partial charge in [0.1, 0.15) is 6.54 Å². The molecule has 4 nitrogen and oxygen atoms in total. The van der Waals surface area contributed by atoms with E-state index in [-0.39, 0.29) is 18.6 Å². The summed E-state index contributed by atoms with van der Waals surface area (Å²) < 4.78 is 6.40. The number of esters is 1. The zero-order chi connectivity index (χ0) is 10.8. The highest BCUT2D eigenvalue weighted by atomic mass is 16.5. The average molecular weight is 208 g/mol. The van der Waals surface area contributed by atoms with Crippen molar-refractivity contribution < 1.29 is 9.53 Å². The highest BCUT2D eigenvalue weighted by Gasteiger charge is 2.29. The average Bonchev–Trinajstić information content (AvgIpc) is 2.98. The Bertz CT molecular complexity index is 355. The van der Waals surface area contributed by atoms with Crippen molar-refractivity contribution in [3.8, 4) is 0 Å². The van der Waals surface area contributed by atoms with Crippen molar-refractivity contribution in [2.45, 2.75) is 25.4 Å². The summed E-state index contributed by atoms with van der Waals surface area (Å²) in [5, 5.41) is 0. The van der Waals surface area contributed by atoms with Crippen molar-refractivity contribution in [3.63, 3.8) is 0 Å². The van der Waals surface area contributed by atoms with Crippen molar-refractivity contribution >= 4 is 5.97 Å². The monoisotopic (exact) mass is 208 g/mol. The second-order valence-corrected chi connectivity index (χ2v) is 4.06. The van der Waals surface area contributed by atoms with Gasteiger partial charge in [-0.1, -0.05) is 0 Å². The SMILES string of the molecule is COC(=O)Cn1ccc(C(N)C2CC2)c1. The van der Waals surface area contributed by atoms with Gasteiger partial charge in [-0.15, -0.1) is 0 Å². The van der Waals surface area contributed by atoms with Crippen molar-refractivity contribution in [1.82, 2.24) is 4.57 Å². The van der Waals surface area contributed by atoms with Crippen LogP contribution in [0.3, 0.4) is 0 Å². The molecule has 1 saturated carbocycles. The number of methoxy groups -OCH3 is 1. The van der Waals surface area contributed by atoms with Crippen molar-refractivity contribution in [3.05, 3.63) is 24.0 Å². The molecule has 1 fully saturated rings. The third-order valence-electron chi connectivity index (χ3n) is 2.83. The lowest BCUT2D eigenvalue weighted by Crippen LogP contribution is -2.12. The summed E-state index contributed by atoms with van der Waals surface area (Å²) in [6.45, 7) is 0.258. The van der Waals surface area contributed by atoms with Gasteiger partial charge in [0.05, 0.1) is 7.11 Å². The minimum atomic E-state index is -0.239. The summed E-state index contributed by atoms with van der Waals surface area (Å²) in [6.07, 6.45) is 6.25. The largest absolute Gasteiger partial charge is 0.468 e. The zero-order valence-electron chi connectivity index (χ0n) is 8.85. The summed E-state index contributed by atoms with van der Waals surface area (Å²) in [5.41, 5.74) is 7.16. The van der Waals surface area contributed by atoms with E-state index < -0.39 is 0 Å². The molecule has 2 rings (SSSR count). The zero-order valence-corrected chi connectivity index (χ0v) is 8.85. The molecule has 82 valence electrons. The van der Waals surface area contributed by atoms with E-state index in [4.69, 9.17) is 5.73 Å². The van der Waals surface area contributed by atoms with Crippen LogP contribution in [0.15, 0.2) is 18.5 Å². The van der Waals surface area contributed by atoms with Gasteiger partial charge in [-0.3, -0.25) is 4.79 Å². The second-order valence-electron chi connectivity index (χ2n) is 4.06. The molecule has 2 N–H and O–H groups in total. The number of nitrogens with zero attached hydrogens (tertiary/aromatic N) is 1. The fraction of sp³-hybridized carbons (Fsp3) is 0.545. The van der Waals surface area contributed by atoms with Gasteiger partial charge in [-0.25, -0.2) is 0 Å². The molecule has 1 atom stereocenters. The smallest absolute Gasteiger partial charge is 0.325 e. The summed E-state index contributed by atoms with van der Waals surface area (Å²) >= 11 is 0. The fourth-order valence-electron chi connectivity index (χ4n) is 1.70. The summed E-state index contributed by atoms with van der Waals surface area (Å²) in [6, 6.07) is 2.11. The first kappa shape index (κ1) is 10.2. The van der Waals surface area contributed by atoms with Gasteiger partial charge in [0.2, 0.25) is 0 Å². The topological polar surface area (TPSA) is 57.2 Å². The quantitative estimate of drug-likeness (QED) is 0.753. The fourth-order valence-corrected chi connectivity index (χ4v) is 1.70. The van der Waals surface area contributed by atoms with Gasteiger partial charge >= 0.3 is 5.97 Å². The first-order valence-corrected chi connectivity index (χ1v) is 5.19. The maximum atomic E-state index is 11.0. The van der Waals surface area contributed by atoms with Crippen LogP contribution in [0.5, 0.6) is 0 Å². The lowest BCUT2D eigenvalue weighted by Gasteiger charge is -2.07. The van der Waals surface area contributed by atoms with Crippen LogP contribution >= 0.6 is 0 Å². The van der Waals surface area contributed by atoms with Gasteiger partial charge in [-0.2, -0.15) is 0 Å². The molecule has 0 aromatic carbocycles. The molecule has 15 heavy (non-hydrogen) atoms. The predicted molar refractivity (Wildman–Crippen MR) is 56.1 cm³/mol. The summed E-state index contributed by atoms with van der Waals surface area (Å²) in [4.78, 5) is 11.0. The number of ether oxygens (including phenoxy) is 1. The number of hydrogen-bond acceptors (Lipinski definition) is 3. The lowest BCUT2D eigenvalue weighted by atomic mass is 10.1. The minimum Gasteiger partial charge on any atom is -0.468 e. The number of carbonyl (C=O) groups is 1. The molecule has 0 radical (unpaired) electrons. The van der Waals surface area contributed by atoms with E-state index in [2.05, 4.69) is 4.74 Å². The van der Waals surface area contributed by atoms with Crippen molar-refractivity contribution in [1.29, 1.82) is 0 Å². The Morgan fingerprint density at radius 1 is 1.73 bits per heavy atom. The highest BCUT2D eigenvalue weighted by molar-refractivity contribution is 5.68. The molecule has 0 spiro atoms. The van der Waals surface area contributed by atoms with Crippen LogP contribution in [-0.2, 0) is 16.1 Å². The lowest BCUT2D eigenvalue weighted by molar-refractivity contribution is -0.141. The van der Waals surface area contributed by atoms with E-state index in [9.17, 15) is 4.79 Å². The van der Waals surface area contributed by atoms with Gasteiger partial charge < -0.3 is 15.0 Å². The van der Waals surface area contributed by atoms with Gasteiger partial charge in [0, 0.05) is 18.4 Å². The number of nitrogens with two attached hydrogens (primary N) is 1. The van der Waals surface area contributed by atoms with E-state index in [1.165, 1.54) is 20.0 Å².